The molecule has 3 N–H and O–H groups in total. The van der Waals surface area contributed by atoms with E-state index < -0.39 is 0 Å². The van der Waals surface area contributed by atoms with Crippen molar-refractivity contribution in [3.63, 3.8) is 0 Å². The maximum absolute atomic E-state index is 12.6. The highest BCUT2D eigenvalue weighted by atomic mass is 16.5. The lowest BCUT2D eigenvalue weighted by Crippen LogP contribution is -3.15. The minimum atomic E-state index is -0.186. The number of nitrogens with one attached hydrogen (secondary N) is 2. The summed E-state index contributed by atoms with van der Waals surface area (Å²) in [6, 6.07) is 12.8. The van der Waals surface area contributed by atoms with Gasteiger partial charge in [-0.3, -0.25) is 4.79 Å². The first kappa shape index (κ1) is 20.8. The lowest BCUT2D eigenvalue weighted by molar-refractivity contribution is -0.892. The van der Waals surface area contributed by atoms with Gasteiger partial charge in [-0.25, -0.2) is 0 Å². The molecule has 7 heteroatoms. The highest BCUT2D eigenvalue weighted by molar-refractivity contribution is 5.77. The number of nitrogens with zero attached hydrogens (tertiary/aromatic N) is 1. The molecule has 1 heterocycles. The number of hydrogen-bond donors (Lipinski definition) is 3. The van der Waals surface area contributed by atoms with E-state index >= 15 is 0 Å². The molecule has 0 aromatic heterocycles. The summed E-state index contributed by atoms with van der Waals surface area (Å²) in [7, 11) is 3.24. The number of ether oxygens (including phenoxy) is 2. The molecule has 1 saturated heterocycles. The van der Waals surface area contributed by atoms with Crippen molar-refractivity contribution in [1.29, 1.82) is 0 Å². The van der Waals surface area contributed by atoms with E-state index in [1.807, 2.05) is 43.3 Å². The number of carbonyl (C=O) groups excluding carboxylic acids is 1. The Bertz CT molecular complexity index is 835. The Morgan fingerprint density at radius 1 is 1.17 bits per heavy atom. The summed E-state index contributed by atoms with van der Waals surface area (Å²) in [5, 5.41) is 13.1. The third-order valence-electron chi connectivity index (χ3n) is 5.38. The summed E-state index contributed by atoms with van der Waals surface area (Å²) in [6.45, 7) is 5.67. The average Bonchev–Trinajstić information content (AvgIpc) is 2.74. The summed E-state index contributed by atoms with van der Waals surface area (Å²) in [5.41, 5.74) is 1.74. The lowest BCUT2D eigenvalue weighted by atomic mass is 10.1. The molecule has 0 saturated carbocycles. The number of phenols is 1. The largest absolute Gasteiger partial charge is 0.506 e. The van der Waals surface area contributed by atoms with Gasteiger partial charge in [0.15, 0.2) is 6.54 Å². The van der Waals surface area contributed by atoms with Gasteiger partial charge >= 0.3 is 0 Å². The molecular formula is C22H30N3O4+. The zero-order chi connectivity index (χ0) is 20.8. The smallest absolute Gasteiger partial charge is 0.275 e. The van der Waals surface area contributed by atoms with Crippen LogP contribution >= 0.6 is 0 Å². The summed E-state index contributed by atoms with van der Waals surface area (Å²) >= 11 is 0. The number of anilines is 1. The highest BCUT2D eigenvalue weighted by Crippen LogP contribution is 2.29. The Hall–Kier alpha value is -2.93. The van der Waals surface area contributed by atoms with Gasteiger partial charge < -0.3 is 29.7 Å². The van der Waals surface area contributed by atoms with Gasteiger partial charge in [0.1, 0.15) is 17.2 Å². The number of aromatic hydroxyl groups is 1. The fourth-order valence-corrected chi connectivity index (χ4v) is 3.75. The van der Waals surface area contributed by atoms with Crippen LogP contribution in [0.25, 0.3) is 0 Å². The van der Waals surface area contributed by atoms with E-state index in [-0.39, 0.29) is 11.9 Å². The second kappa shape index (κ2) is 9.52. The number of rotatable bonds is 7. The van der Waals surface area contributed by atoms with Crippen molar-refractivity contribution in [2.45, 2.75) is 13.0 Å². The number of hydrogen-bond acceptors (Lipinski definition) is 5. The Kier molecular flexibility index (Phi) is 6.82. The number of methoxy groups -OCH3 is 2. The van der Waals surface area contributed by atoms with Crippen molar-refractivity contribution < 1.29 is 24.3 Å². The van der Waals surface area contributed by atoms with Gasteiger partial charge in [-0.1, -0.05) is 12.1 Å². The minimum absolute atomic E-state index is 0.00776. The number of benzene rings is 2. The average molecular weight is 400 g/mol. The van der Waals surface area contributed by atoms with Crippen molar-refractivity contribution in [3.8, 4) is 17.2 Å². The summed E-state index contributed by atoms with van der Waals surface area (Å²) in [6.07, 6.45) is 0. The summed E-state index contributed by atoms with van der Waals surface area (Å²) in [5.74, 6) is 1.76. The van der Waals surface area contributed by atoms with E-state index in [9.17, 15) is 9.90 Å². The molecule has 0 bridgehead atoms. The van der Waals surface area contributed by atoms with Gasteiger partial charge in [-0.05, 0) is 37.3 Å². The number of phenolic OH excluding ortho intramolecular Hbond substituents is 1. The molecule has 1 atom stereocenters. The monoisotopic (exact) mass is 400 g/mol. The molecule has 2 aromatic rings. The first-order valence-electron chi connectivity index (χ1n) is 9.89. The van der Waals surface area contributed by atoms with Crippen molar-refractivity contribution >= 4 is 11.6 Å². The van der Waals surface area contributed by atoms with Crippen LogP contribution in [0.3, 0.4) is 0 Å². The van der Waals surface area contributed by atoms with Gasteiger partial charge in [0.25, 0.3) is 5.91 Å². The maximum Gasteiger partial charge on any atom is 0.275 e. The van der Waals surface area contributed by atoms with Gasteiger partial charge in [0.05, 0.1) is 52.1 Å². The van der Waals surface area contributed by atoms with E-state index in [0.29, 0.717) is 12.3 Å². The van der Waals surface area contributed by atoms with Gasteiger partial charge in [0, 0.05) is 5.56 Å². The fraction of sp³-hybridized carbons (Fsp3) is 0.409. The van der Waals surface area contributed by atoms with Crippen molar-refractivity contribution in [2.24, 2.45) is 0 Å². The molecule has 29 heavy (non-hydrogen) atoms. The minimum Gasteiger partial charge on any atom is -0.506 e. The van der Waals surface area contributed by atoms with Gasteiger partial charge in [-0.15, -0.1) is 0 Å². The zero-order valence-electron chi connectivity index (χ0n) is 17.3. The van der Waals surface area contributed by atoms with E-state index in [1.54, 1.807) is 20.3 Å². The number of carbonyl (C=O) groups is 1. The summed E-state index contributed by atoms with van der Waals surface area (Å²) < 4.78 is 10.7. The first-order chi connectivity index (χ1) is 14.0. The van der Waals surface area contributed by atoms with E-state index in [2.05, 4.69) is 10.2 Å². The van der Waals surface area contributed by atoms with Gasteiger partial charge in [-0.2, -0.15) is 0 Å². The van der Waals surface area contributed by atoms with E-state index in [4.69, 9.17) is 9.47 Å². The van der Waals surface area contributed by atoms with Gasteiger partial charge in [0.2, 0.25) is 0 Å². The normalized spacial score (nSPS) is 15.6. The van der Waals surface area contributed by atoms with Crippen molar-refractivity contribution in [1.82, 2.24) is 5.32 Å². The molecule has 156 valence electrons. The molecule has 0 unspecified atom stereocenters. The van der Waals surface area contributed by atoms with E-state index in [0.717, 1.165) is 48.9 Å². The third kappa shape index (κ3) is 5.12. The van der Waals surface area contributed by atoms with Crippen molar-refractivity contribution in [3.05, 3.63) is 48.0 Å². The third-order valence-corrected chi connectivity index (χ3v) is 5.38. The van der Waals surface area contributed by atoms with Crippen molar-refractivity contribution in [2.75, 3.05) is 51.8 Å². The number of quaternary nitrogens is 1. The topological polar surface area (TPSA) is 75.5 Å². The zero-order valence-corrected chi connectivity index (χ0v) is 17.3. The van der Waals surface area contributed by atoms with Crippen LogP contribution in [0.15, 0.2) is 42.5 Å². The van der Waals surface area contributed by atoms with Crippen LogP contribution in [-0.4, -0.2) is 58.0 Å². The maximum atomic E-state index is 12.6. The van der Waals surface area contributed by atoms with Crippen LogP contribution in [0.4, 0.5) is 5.69 Å². The first-order valence-corrected chi connectivity index (χ1v) is 9.89. The highest BCUT2D eigenvalue weighted by Gasteiger charge is 2.24. The molecule has 1 fully saturated rings. The van der Waals surface area contributed by atoms with E-state index in [1.165, 1.54) is 4.90 Å². The molecule has 0 spiro atoms. The number of amides is 1. The molecule has 0 radical (unpaired) electrons. The standard InChI is InChI=1S/C22H29N3O4/c1-16(18-14-17(28-2)8-9-21(18)29-3)23-22(27)15-24-10-12-25(13-11-24)19-6-4-5-7-20(19)26/h4-9,14,16,26H,10-13,15H2,1-3H3,(H,23,27)/p+1/t16-/m0/s1. The molecule has 1 amide bonds. The lowest BCUT2D eigenvalue weighted by Gasteiger charge is -2.33. The molecular weight excluding hydrogens is 370 g/mol. The molecule has 1 aliphatic heterocycles. The summed E-state index contributed by atoms with van der Waals surface area (Å²) in [4.78, 5) is 16.0. The molecule has 1 aliphatic rings. The molecule has 2 aromatic carbocycles. The molecule has 7 nitrogen and oxygen atoms in total. The number of piperazine rings is 1. The molecule has 0 aliphatic carbocycles. The van der Waals surface area contributed by atoms with Crippen LogP contribution < -0.4 is 24.6 Å². The second-order valence-corrected chi connectivity index (χ2v) is 7.30. The van der Waals surface area contributed by atoms with Crippen LogP contribution in [0.5, 0.6) is 17.2 Å². The Balaban J connectivity index is 1.53. The predicted octanol–water partition coefficient (Wildman–Crippen LogP) is 0.992. The Morgan fingerprint density at radius 3 is 2.55 bits per heavy atom. The van der Waals surface area contributed by atoms with Crippen LogP contribution in [0.1, 0.15) is 18.5 Å². The van der Waals surface area contributed by atoms with Crippen LogP contribution in [-0.2, 0) is 4.79 Å². The van der Waals surface area contributed by atoms with Crippen LogP contribution in [0, 0.1) is 0 Å². The predicted molar refractivity (Wildman–Crippen MR) is 112 cm³/mol. The Morgan fingerprint density at radius 2 is 1.90 bits per heavy atom. The SMILES string of the molecule is COc1ccc(OC)c([C@H](C)NC(=O)C[NH+]2CCN(c3ccccc3O)CC2)c1. The molecule has 3 rings (SSSR count). The van der Waals surface area contributed by atoms with Crippen LogP contribution in [0.2, 0.25) is 0 Å². The second-order valence-electron chi connectivity index (χ2n) is 7.30. The Labute approximate surface area is 171 Å². The fourth-order valence-electron chi connectivity index (χ4n) is 3.75. The quantitative estimate of drug-likeness (QED) is 0.646. The number of para-hydroxylation sites is 2.